The molecular weight excluding hydrogens is 262 g/mol. The molecule has 0 aliphatic heterocycles. The van der Waals surface area contributed by atoms with Crippen molar-refractivity contribution in [2.75, 3.05) is 13.2 Å². The Morgan fingerprint density at radius 3 is 2.62 bits per heavy atom. The first-order valence-corrected chi connectivity index (χ1v) is 8.21. The highest BCUT2D eigenvalue weighted by atomic mass is 16.5. The van der Waals surface area contributed by atoms with Crippen molar-refractivity contribution < 1.29 is 9.84 Å². The zero-order chi connectivity index (χ0) is 15.3. The first kappa shape index (κ1) is 16.3. The molecule has 0 spiro atoms. The molecule has 1 fully saturated rings. The summed E-state index contributed by atoms with van der Waals surface area (Å²) >= 11 is 0. The number of aliphatic hydroxyl groups excluding tert-OH is 1. The lowest BCUT2D eigenvalue weighted by Crippen LogP contribution is -2.47. The number of hydrogen-bond acceptors (Lipinski definition) is 3. The molecule has 1 saturated carbocycles. The van der Waals surface area contributed by atoms with Gasteiger partial charge in [0.2, 0.25) is 0 Å². The van der Waals surface area contributed by atoms with Gasteiger partial charge in [0.05, 0.1) is 6.61 Å². The van der Waals surface area contributed by atoms with Gasteiger partial charge in [-0.25, -0.2) is 0 Å². The zero-order valence-electron chi connectivity index (χ0n) is 13.6. The normalized spacial score (nSPS) is 25.5. The fourth-order valence-electron chi connectivity index (χ4n) is 3.05. The predicted octanol–water partition coefficient (Wildman–Crippen LogP) is 3.47. The van der Waals surface area contributed by atoms with Crippen molar-refractivity contribution in [2.24, 2.45) is 0 Å². The minimum Gasteiger partial charge on any atom is -0.490 e. The lowest BCUT2D eigenvalue weighted by atomic mass is 9.98. The molecule has 0 amide bonds. The minimum atomic E-state index is -0.140. The van der Waals surface area contributed by atoms with Gasteiger partial charge in [-0.2, -0.15) is 0 Å². The molecule has 0 heterocycles. The van der Waals surface area contributed by atoms with Crippen LogP contribution in [0.2, 0.25) is 0 Å². The topological polar surface area (TPSA) is 41.5 Å². The van der Waals surface area contributed by atoms with E-state index < -0.39 is 0 Å². The van der Waals surface area contributed by atoms with E-state index in [1.807, 2.05) is 0 Å². The molecule has 1 aliphatic rings. The summed E-state index contributed by atoms with van der Waals surface area (Å²) in [5.74, 6) is 1.49. The SMILES string of the molecule is CCCNC1(CO)CCC(Oc2ccc(C(C)C)cc2)C1. The molecule has 0 radical (unpaired) electrons. The predicted molar refractivity (Wildman–Crippen MR) is 86.9 cm³/mol. The van der Waals surface area contributed by atoms with E-state index in [1.54, 1.807) is 0 Å². The van der Waals surface area contributed by atoms with Crippen molar-refractivity contribution in [1.29, 1.82) is 0 Å². The second-order valence-electron chi connectivity index (χ2n) is 6.57. The summed E-state index contributed by atoms with van der Waals surface area (Å²) in [5, 5.41) is 13.2. The van der Waals surface area contributed by atoms with Crippen molar-refractivity contribution in [2.45, 2.75) is 64.0 Å². The second kappa shape index (κ2) is 7.28. The number of hydrogen-bond donors (Lipinski definition) is 2. The Labute approximate surface area is 128 Å². The average molecular weight is 291 g/mol. The van der Waals surface area contributed by atoms with Crippen LogP contribution in [0.1, 0.15) is 57.9 Å². The number of ether oxygens (including phenoxy) is 1. The maximum atomic E-state index is 9.71. The molecule has 3 nitrogen and oxygen atoms in total. The summed E-state index contributed by atoms with van der Waals surface area (Å²) in [6.45, 7) is 7.69. The molecule has 0 saturated heterocycles. The largest absolute Gasteiger partial charge is 0.490 e. The number of aliphatic hydroxyl groups is 1. The van der Waals surface area contributed by atoms with E-state index >= 15 is 0 Å². The van der Waals surface area contributed by atoms with Crippen LogP contribution in [0.15, 0.2) is 24.3 Å². The van der Waals surface area contributed by atoms with Gasteiger partial charge in [-0.1, -0.05) is 32.9 Å². The van der Waals surface area contributed by atoms with E-state index in [0.29, 0.717) is 5.92 Å². The van der Waals surface area contributed by atoms with Crippen molar-refractivity contribution in [3.63, 3.8) is 0 Å². The molecule has 1 aliphatic carbocycles. The molecule has 21 heavy (non-hydrogen) atoms. The number of rotatable bonds is 7. The van der Waals surface area contributed by atoms with Crippen molar-refractivity contribution >= 4 is 0 Å². The second-order valence-corrected chi connectivity index (χ2v) is 6.57. The first-order valence-electron chi connectivity index (χ1n) is 8.21. The summed E-state index contributed by atoms with van der Waals surface area (Å²) in [4.78, 5) is 0. The van der Waals surface area contributed by atoms with E-state index in [4.69, 9.17) is 4.74 Å². The molecular formula is C18H29NO2. The number of nitrogens with one attached hydrogen (secondary N) is 1. The Morgan fingerprint density at radius 1 is 1.33 bits per heavy atom. The van der Waals surface area contributed by atoms with Gasteiger partial charge in [0.15, 0.2) is 0 Å². The van der Waals surface area contributed by atoms with Crippen LogP contribution in [0.25, 0.3) is 0 Å². The Hall–Kier alpha value is -1.06. The summed E-state index contributed by atoms with van der Waals surface area (Å²) in [5.41, 5.74) is 1.20. The molecule has 2 N–H and O–H groups in total. The highest BCUT2D eigenvalue weighted by molar-refractivity contribution is 5.29. The molecule has 3 heteroatoms. The maximum absolute atomic E-state index is 9.71. The van der Waals surface area contributed by atoms with Crippen molar-refractivity contribution in [3.8, 4) is 5.75 Å². The Kier molecular flexibility index (Phi) is 5.65. The summed E-state index contributed by atoms with van der Waals surface area (Å²) < 4.78 is 6.10. The lowest BCUT2D eigenvalue weighted by molar-refractivity contribution is 0.140. The van der Waals surface area contributed by atoms with Crippen LogP contribution in [-0.2, 0) is 0 Å². The molecule has 118 valence electrons. The number of benzene rings is 1. The molecule has 2 atom stereocenters. The highest BCUT2D eigenvalue weighted by Gasteiger charge is 2.39. The molecule has 1 aromatic rings. The third-order valence-corrected chi connectivity index (χ3v) is 4.47. The molecule has 1 aromatic carbocycles. The molecule has 2 rings (SSSR count). The van der Waals surface area contributed by atoms with Gasteiger partial charge in [0.25, 0.3) is 0 Å². The fraction of sp³-hybridized carbons (Fsp3) is 0.667. The Balaban J connectivity index is 1.92. The van der Waals surface area contributed by atoms with Gasteiger partial charge in [0, 0.05) is 12.0 Å². The zero-order valence-corrected chi connectivity index (χ0v) is 13.6. The van der Waals surface area contributed by atoms with Crippen molar-refractivity contribution in [3.05, 3.63) is 29.8 Å². The van der Waals surface area contributed by atoms with E-state index in [-0.39, 0.29) is 18.2 Å². The Bertz CT molecular complexity index is 429. The molecule has 0 aromatic heterocycles. The van der Waals surface area contributed by atoms with Gasteiger partial charge in [-0.05, 0) is 49.4 Å². The highest BCUT2D eigenvalue weighted by Crippen LogP contribution is 2.33. The van der Waals surface area contributed by atoms with E-state index in [9.17, 15) is 5.11 Å². The van der Waals surface area contributed by atoms with E-state index in [2.05, 4.69) is 50.4 Å². The van der Waals surface area contributed by atoms with Gasteiger partial charge >= 0.3 is 0 Å². The fourth-order valence-corrected chi connectivity index (χ4v) is 3.05. The Morgan fingerprint density at radius 2 is 2.05 bits per heavy atom. The average Bonchev–Trinajstić information content (AvgIpc) is 2.89. The third-order valence-electron chi connectivity index (χ3n) is 4.47. The smallest absolute Gasteiger partial charge is 0.119 e. The quantitative estimate of drug-likeness (QED) is 0.808. The van der Waals surface area contributed by atoms with Crippen LogP contribution >= 0.6 is 0 Å². The van der Waals surface area contributed by atoms with Crippen LogP contribution in [0, 0.1) is 0 Å². The van der Waals surface area contributed by atoms with Crippen LogP contribution in [-0.4, -0.2) is 29.9 Å². The van der Waals surface area contributed by atoms with Gasteiger partial charge in [-0.3, -0.25) is 0 Å². The van der Waals surface area contributed by atoms with Crippen LogP contribution in [0.4, 0.5) is 0 Å². The lowest BCUT2D eigenvalue weighted by Gasteiger charge is -2.28. The van der Waals surface area contributed by atoms with Crippen LogP contribution < -0.4 is 10.1 Å². The van der Waals surface area contributed by atoms with Gasteiger partial charge in [-0.15, -0.1) is 0 Å². The maximum Gasteiger partial charge on any atom is 0.119 e. The summed E-state index contributed by atoms with van der Waals surface area (Å²) in [6, 6.07) is 8.41. The van der Waals surface area contributed by atoms with Gasteiger partial charge < -0.3 is 15.2 Å². The van der Waals surface area contributed by atoms with Crippen LogP contribution in [0.3, 0.4) is 0 Å². The first-order chi connectivity index (χ1) is 10.1. The third kappa shape index (κ3) is 4.21. The summed E-state index contributed by atoms with van der Waals surface area (Å²) in [7, 11) is 0. The minimum absolute atomic E-state index is 0.140. The van der Waals surface area contributed by atoms with Gasteiger partial charge in [0.1, 0.15) is 11.9 Å². The molecule has 0 bridgehead atoms. The van der Waals surface area contributed by atoms with E-state index in [0.717, 1.165) is 38.0 Å². The monoisotopic (exact) mass is 291 g/mol. The van der Waals surface area contributed by atoms with Crippen LogP contribution in [0.5, 0.6) is 5.75 Å². The summed E-state index contributed by atoms with van der Waals surface area (Å²) in [6.07, 6.45) is 4.16. The molecule has 2 unspecified atom stereocenters. The standard InChI is InChI=1S/C18H29NO2/c1-4-11-19-18(13-20)10-9-17(12-18)21-16-7-5-15(6-8-16)14(2)3/h5-8,14,17,19-20H,4,9-13H2,1-3H3. The van der Waals surface area contributed by atoms with Crippen molar-refractivity contribution in [1.82, 2.24) is 5.32 Å². The van der Waals surface area contributed by atoms with E-state index in [1.165, 1.54) is 5.56 Å².